The number of nitrogens with two attached hydrogens (primary N) is 2. The number of amides is 2. The van der Waals surface area contributed by atoms with Gasteiger partial charge in [-0.2, -0.15) is 0 Å². The number of carboxylic acids is 4. The molecule has 9 atom stereocenters. The van der Waals surface area contributed by atoms with Gasteiger partial charge in [0.05, 0.1) is 53.4 Å². The molecule has 6 saturated heterocycles. The number of carboxylic acid groups (broad SMARTS) is 4. The Kier molecular flexibility index (Phi) is 64.5. The van der Waals surface area contributed by atoms with Crippen LogP contribution in [0.4, 0.5) is 37.2 Å². The minimum atomic E-state index is -1.62. The molecule has 6 aromatic rings. The van der Waals surface area contributed by atoms with E-state index in [1.165, 1.54) is 37.8 Å². The van der Waals surface area contributed by atoms with Crippen molar-refractivity contribution in [3.05, 3.63) is 224 Å². The van der Waals surface area contributed by atoms with Crippen LogP contribution in [0.1, 0.15) is 134 Å². The van der Waals surface area contributed by atoms with Gasteiger partial charge >= 0.3 is 84.2 Å². The van der Waals surface area contributed by atoms with E-state index < -0.39 is 75.9 Å². The third kappa shape index (κ3) is 48.2. The monoisotopic (exact) mass is 2260 g/mol. The maximum Gasteiger partial charge on any atom is 1.00 e. The van der Waals surface area contributed by atoms with Crippen molar-refractivity contribution < 1.29 is 148 Å². The number of halogens is 8. The number of esters is 1. The number of allylic oxidation sites excluding steroid dienone is 1. The molecule has 0 bridgehead atoms. The standard InChI is InChI=1S/C13H14BrNO2.2C13H13NO2.C9H12BrNO3.C9H13NO3.C8H6FN.C8H8N2.C5H9NO2.2C4H7BrO3.C4H5ClO.CH3F.BHNS.BrH.H3N2O.Na/c1-9-6-10(4-5-11(9)15-3)7-12(16)13(2,17)8-14;2*1-9-6-10(4-5-11(9)14-3)7-12(15)13(2)8-16-13;1-9(5-10)8(13)11-4-2-3-6(11)7(12)14-9;1-6(2)8(11)10-5-3-4-7(10)9(12)13;9-7-1-2-8-6(5-7)3-4-10-8;1-6-5-7(9)3-4-8(6)10-2;7-5(8)4-2-1-3-6-4;2*1-4(8,2-5)3(6)7;1-3(2)4(5)6;1-2;1-2-3;;1-2-3;/h4-6,17H,7-8H2,1-2H3;2*4-6H,7-8H2,1-2H3;6H,2-5H2,1H3;7H,1,3-5H2,2H3,(H,12,13);1-5,10H;3-5H,9H2,1H3;4,6H,1-3H2,(H,7,8);2*8H,2H2,1H3,(H,6,7);1H2,2H3;1H3;3H;1H;3H,1H2;/q;;;;;;;;;;;;;;-1;+1/t3*13-;6-,9+;7-;;;3*4-;;;;;;/m11100..010....../s1/i;;;;;;;;;;;1D;;;;. The third-order valence-corrected chi connectivity index (χ3v) is 24.1. The molecular formula is C91H115BBr5ClF2N12NaO22S. The normalized spacial score (nSPS) is 18.7. The molecule has 136 heavy (non-hydrogen) atoms. The van der Waals surface area contributed by atoms with Gasteiger partial charge in [0.25, 0.3) is 5.91 Å². The van der Waals surface area contributed by atoms with Gasteiger partial charge in [0.2, 0.25) is 11.1 Å². The number of likely N-dealkylation sites (tertiary alicyclic amines) is 1. The SMILES string of the molecule is Br.C=C(C)C(=O)Cl.C=C(C)C(=O)N1CCC[C@H]1C(=O)O.C[C@@](O)(CBr)C(=O)O.C[C@](O)(CBr)C(=O)O.C[C@]1(CBr)OC(=O)[C@@H]2CCCN2C1=O.Fc1ccc2[nH]ccc2c1.N[N-]O.O=C(O)[C@@H]1CCCN1.[2H]CF.[B]=NS.[C-]#[N+]c1ccc(CC(=O)[C@@]2(C)CO2)cc1C.[C-]#[N+]c1ccc(CC(=O)[C@@]2(C)CO2)cc1C.[C-]#[N+]c1ccc(CC(=O)[C@](C)(O)CBr)cc1C.[C-]#[N+]c1ccc(N)cc1C.[Na+]. The Labute approximate surface area is 870 Å². The molecule has 6 aliphatic rings. The summed E-state index contributed by atoms with van der Waals surface area (Å²) in [5.74, 6) is -0.815. The minimum Gasteiger partial charge on any atom is -0.399 e. The van der Waals surface area contributed by atoms with Crippen molar-refractivity contribution in [3.63, 3.8) is 0 Å². The number of H-pyrrole nitrogens is 1. The number of hydrogen-bond donors (Lipinski definition) is 13. The number of ketones is 3. The van der Waals surface area contributed by atoms with Crippen LogP contribution in [0.3, 0.4) is 0 Å². The van der Waals surface area contributed by atoms with Crippen LogP contribution in [0.2, 0.25) is 0 Å². The zero-order valence-electron chi connectivity index (χ0n) is 78.5. The second-order valence-electron chi connectivity index (χ2n) is 31.2. The van der Waals surface area contributed by atoms with Gasteiger partial charge in [0, 0.05) is 82.3 Å². The van der Waals surface area contributed by atoms with Crippen LogP contribution in [-0.4, -0.2) is 241 Å². The zero-order chi connectivity index (χ0) is 104. The molecule has 0 saturated carbocycles. The number of aryl methyl sites for hydroxylation is 4. The van der Waals surface area contributed by atoms with E-state index in [1.54, 1.807) is 80.4 Å². The molecule has 12 rings (SSSR count). The molecule has 45 heteroatoms. The number of fused-ring (bicyclic) bond motifs is 2. The number of benzene rings is 5. The van der Waals surface area contributed by atoms with Crippen molar-refractivity contribution >= 4 is 216 Å². The molecule has 6 aliphatic heterocycles. The molecule has 6 fully saturated rings. The number of rotatable bonds is 19. The van der Waals surface area contributed by atoms with Crippen LogP contribution in [0, 0.1) is 59.8 Å². The predicted octanol–water partition coefficient (Wildman–Crippen LogP) is 13.0. The number of nitrogen functional groups attached to an aromatic ring is 1. The largest absolute Gasteiger partial charge is 1.00 e. The summed E-state index contributed by atoms with van der Waals surface area (Å²) >= 11 is 20.1. The van der Waals surface area contributed by atoms with Gasteiger partial charge in [-0.05, 0) is 215 Å². The number of nitrogens with one attached hydrogen (secondary N) is 2. The molecule has 0 spiro atoms. The molecular weight excluding hydrogens is 2150 g/mol. The number of hydrogen-bond acceptors (Lipinski definition) is 23. The summed E-state index contributed by atoms with van der Waals surface area (Å²) in [7, 11) is 3.34. The second-order valence-corrected chi connectivity index (χ2v) is 34.0. The van der Waals surface area contributed by atoms with Gasteiger partial charge in [-0.25, -0.2) is 42.9 Å². The number of aromatic amines is 1. The Hall–Kier alpha value is -8.75. The molecule has 5 aromatic carbocycles. The van der Waals surface area contributed by atoms with Crippen molar-refractivity contribution in [3.8, 4) is 0 Å². The van der Waals surface area contributed by atoms with Crippen molar-refractivity contribution in [1.82, 2.24) is 20.1 Å². The van der Waals surface area contributed by atoms with E-state index in [1.807, 2.05) is 83.5 Å². The molecule has 2 amide bonds. The molecule has 1 radical (unpaired) electrons. The van der Waals surface area contributed by atoms with Crippen LogP contribution < -0.4 is 46.5 Å². The van der Waals surface area contributed by atoms with Crippen LogP contribution >= 0.6 is 105 Å². The number of thiol groups is 1. The molecule has 0 aliphatic carbocycles. The number of aliphatic hydroxyl groups is 3. The Balaban J connectivity index is -0.000000710. The van der Waals surface area contributed by atoms with Crippen molar-refractivity contribution in [2.45, 2.75) is 193 Å². The summed E-state index contributed by atoms with van der Waals surface area (Å²) in [6.07, 6.45) is 7.47. The number of carbonyl (C=O) groups excluding carboxylic acids is 7. The molecule has 14 N–H and O–H groups in total. The summed E-state index contributed by atoms with van der Waals surface area (Å²) in [6, 6.07) is 26.8. The first-order chi connectivity index (χ1) is 62.9. The van der Waals surface area contributed by atoms with E-state index in [2.05, 4.69) is 137 Å². The Morgan fingerprint density at radius 3 is 1.37 bits per heavy atom. The fourth-order valence-electron chi connectivity index (χ4n) is 10.9. The van der Waals surface area contributed by atoms with Gasteiger partial charge in [-0.1, -0.05) is 138 Å². The predicted molar refractivity (Wildman–Crippen MR) is 534 cm³/mol. The van der Waals surface area contributed by atoms with E-state index >= 15 is 0 Å². The summed E-state index contributed by atoms with van der Waals surface area (Å²) in [5, 5.41) is 71.7. The van der Waals surface area contributed by atoms with Gasteiger partial charge in [0.15, 0.2) is 56.9 Å². The fourth-order valence-corrected chi connectivity index (χ4v) is 12.1. The van der Waals surface area contributed by atoms with Crippen molar-refractivity contribution in [1.29, 1.82) is 0 Å². The average Bonchev–Trinajstić information content (AvgIpc) is 1.59. The van der Waals surface area contributed by atoms with Gasteiger partial charge in [0.1, 0.15) is 40.7 Å². The van der Waals surface area contributed by atoms with Gasteiger partial charge < -0.3 is 92.4 Å². The van der Waals surface area contributed by atoms with Crippen molar-refractivity contribution in [2.24, 2.45) is 10.1 Å². The first-order valence-electron chi connectivity index (χ1n) is 40.7. The van der Waals surface area contributed by atoms with E-state index in [4.69, 9.17) is 95.1 Å². The maximum atomic E-state index is 12.5. The Morgan fingerprint density at radius 2 is 1.06 bits per heavy atom. The number of aliphatic carboxylic acids is 4. The second kappa shape index (κ2) is 66.8. The summed E-state index contributed by atoms with van der Waals surface area (Å²) in [5.41, 5.74) is 12.2. The Bertz CT molecular complexity index is 5100. The topological polar surface area (TPSA) is 514 Å². The van der Waals surface area contributed by atoms with E-state index in [9.17, 15) is 66.6 Å². The number of cyclic esters (lactones) is 1. The number of morpholine rings is 1. The first kappa shape index (κ1) is 131. The van der Waals surface area contributed by atoms with Crippen LogP contribution in [0.25, 0.3) is 35.9 Å². The van der Waals surface area contributed by atoms with Crippen molar-refractivity contribution in [2.75, 3.05) is 67.1 Å². The summed E-state index contributed by atoms with van der Waals surface area (Å²) in [4.78, 5) is 140. The smallest absolute Gasteiger partial charge is 0.399 e. The number of epoxide rings is 2. The number of ether oxygens (including phenoxy) is 3. The van der Waals surface area contributed by atoms with Crippen LogP contribution in [0.15, 0.2) is 132 Å². The van der Waals surface area contributed by atoms with E-state index in [0.717, 1.165) is 88.5 Å². The number of alkyl halides is 5. The maximum absolute atomic E-state index is 12.5. The number of carbonyl (C=O) groups is 11. The molecule has 737 valence electrons. The number of nitrogens with zero attached hydrogens (tertiary/aromatic N) is 8. The van der Waals surface area contributed by atoms with Crippen LogP contribution in [0.5, 0.6) is 0 Å². The fraction of sp³-hybridized carbons (Fsp3) is 0.440. The number of anilines is 1. The molecule has 0 unspecified atom stereocenters. The third-order valence-electron chi connectivity index (χ3n) is 19.4. The number of Topliss-reactive ketones (excluding diaryl/α,β-unsaturated/α-hetero) is 3. The summed E-state index contributed by atoms with van der Waals surface area (Å²) < 4.78 is 46.1. The molecule has 7 heterocycles. The van der Waals surface area contributed by atoms with Gasteiger partial charge in [-0.3, -0.25) is 38.0 Å². The molecule has 1 aromatic heterocycles. The van der Waals surface area contributed by atoms with Crippen LogP contribution in [-0.2, 0) is 86.2 Å². The summed E-state index contributed by atoms with van der Waals surface area (Å²) in [6.45, 7) is 57.4. The van der Waals surface area contributed by atoms with E-state index in [0.29, 0.717) is 90.5 Å². The van der Waals surface area contributed by atoms with Gasteiger partial charge in [-0.15, -0.1) is 17.0 Å². The quantitative estimate of drug-likeness (QED) is 0.00306. The number of aromatic nitrogens is 1. The molecule has 34 nitrogen and oxygen atoms in total. The first-order valence-corrected chi connectivity index (χ1v) is 45.3. The van der Waals surface area contributed by atoms with E-state index in [-0.39, 0.29) is 122 Å². The average molecular weight is 2270 g/mol. The Morgan fingerprint density at radius 1 is 0.669 bits per heavy atom. The zero-order valence-corrected chi connectivity index (χ0v) is 89.2. The minimum absolute atomic E-state index is 0.